The van der Waals surface area contributed by atoms with Gasteiger partial charge in [-0.25, -0.2) is 0 Å². The zero-order valence-corrected chi connectivity index (χ0v) is 13.5. The number of rotatable bonds is 3. The molecule has 0 bridgehead atoms. The second-order valence-corrected chi connectivity index (χ2v) is 6.33. The van der Waals surface area contributed by atoms with Crippen LogP contribution < -0.4 is 0 Å². The lowest BCUT2D eigenvalue weighted by Gasteiger charge is -2.34. The fraction of sp³-hybridized carbons (Fsp3) is 0.400. The Morgan fingerprint density at radius 1 is 1.21 bits per heavy atom. The Morgan fingerprint density at radius 2 is 1.96 bits per heavy atom. The van der Waals surface area contributed by atoms with Gasteiger partial charge in [-0.2, -0.15) is 13.2 Å². The molecule has 0 unspecified atom stereocenters. The van der Waals surface area contributed by atoms with E-state index in [0.717, 1.165) is 17.6 Å². The monoisotopic (exact) mass is 356 g/mol. The molecule has 128 valence electrons. The zero-order chi connectivity index (χ0) is 17.2. The Morgan fingerprint density at radius 3 is 2.58 bits per heavy atom. The molecule has 0 aliphatic carbocycles. The number of alkyl halides is 3. The maximum Gasteiger partial charge on any atom is 0.416 e. The summed E-state index contributed by atoms with van der Waals surface area (Å²) < 4.78 is 41.9. The molecule has 5 nitrogen and oxygen atoms in total. The number of carbonyl (C=O) groups is 1. The van der Waals surface area contributed by atoms with E-state index in [0.29, 0.717) is 43.2 Å². The minimum atomic E-state index is -4.33. The first-order valence-electron chi connectivity index (χ1n) is 7.38. The van der Waals surface area contributed by atoms with E-state index in [2.05, 4.69) is 9.59 Å². The largest absolute Gasteiger partial charge is 0.416 e. The van der Waals surface area contributed by atoms with Gasteiger partial charge in [0.25, 0.3) is 5.91 Å². The predicted octanol–water partition coefficient (Wildman–Crippen LogP) is 2.51. The first-order valence-corrected chi connectivity index (χ1v) is 8.16. The highest BCUT2D eigenvalue weighted by atomic mass is 32.1. The first-order chi connectivity index (χ1) is 11.4. The number of amides is 1. The Hall–Kier alpha value is -2.00. The Bertz CT molecular complexity index is 697. The van der Waals surface area contributed by atoms with Crippen LogP contribution in [0.5, 0.6) is 0 Å². The van der Waals surface area contributed by atoms with Crippen molar-refractivity contribution in [3.63, 3.8) is 0 Å². The molecule has 1 aliphatic heterocycles. The maximum atomic E-state index is 12.8. The van der Waals surface area contributed by atoms with Gasteiger partial charge in [0.2, 0.25) is 0 Å². The molecule has 2 heterocycles. The van der Waals surface area contributed by atoms with Crippen LogP contribution in [0.2, 0.25) is 0 Å². The topological polar surface area (TPSA) is 49.3 Å². The lowest BCUT2D eigenvalue weighted by molar-refractivity contribution is -0.137. The highest BCUT2D eigenvalue weighted by Crippen LogP contribution is 2.29. The second-order valence-electron chi connectivity index (χ2n) is 5.55. The van der Waals surface area contributed by atoms with Crippen LogP contribution >= 0.6 is 11.5 Å². The molecule has 1 aliphatic rings. The van der Waals surface area contributed by atoms with Gasteiger partial charge in [-0.3, -0.25) is 9.69 Å². The molecule has 0 atom stereocenters. The van der Waals surface area contributed by atoms with E-state index in [-0.39, 0.29) is 5.91 Å². The summed E-state index contributed by atoms with van der Waals surface area (Å²) >= 11 is 1.06. The molecule has 0 saturated carbocycles. The normalized spacial score (nSPS) is 16.4. The van der Waals surface area contributed by atoms with Crippen LogP contribution in [-0.4, -0.2) is 51.5 Å². The van der Waals surface area contributed by atoms with Crippen molar-refractivity contribution >= 4 is 17.4 Å². The van der Waals surface area contributed by atoms with E-state index < -0.39 is 11.7 Å². The molecule has 0 radical (unpaired) electrons. The highest BCUT2D eigenvalue weighted by molar-refractivity contribution is 7.07. The molecule has 0 spiro atoms. The van der Waals surface area contributed by atoms with Crippen molar-refractivity contribution < 1.29 is 18.0 Å². The second kappa shape index (κ2) is 6.86. The summed E-state index contributed by atoms with van der Waals surface area (Å²) in [6, 6.07) is 5.37. The van der Waals surface area contributed by atoms with Crippen LogP contribution in [0, 0.1) is 0 Å². The van der Waals surface area contributed by atoms with Crippen molar-refractivity contribution in [3.05, 3.63) is 46.5 Å². The number of nitrogens with zero attached hydrogens (tertiary/aromatic N) is 4. The van der Waals surface area contributed by atoms with Gasteiger partial charge in [-0.15, -0.1) is 5.10 Å². The highest BCUT2D eigenvalue weighted by Gasteiger charge is 2.30. The number of carbonyl (C=O) groups excluding carboxylic acids is 1. The molecular formula is C15H15F3N4OS. The molecular weight excluding hydrogens is 341 g/mol. The average Bonchev–Trinajstić information content (AvgIpc) is 3.09. The Labute approximate surface area is 140 Å². The number of hydrogen-bond donors (Lipinski definition) is 0. The van der Waals surface area contributed by atoms with Gasteiger partial charge < -0.3 is 4.90 Å². The van der Waals surface area contributed by atoms with Crippen LogP contribution in [0.25, 0.3) is 0 Å². The smallest absolute Gasteiger partial charge is 0.335 e. The van der Waals surface area contributed by atoms with Gasteiger partial charge in [0.15, 0.2) is 0 Å². The third kappa shape index (κ3) is 3.90. The van der Waals surface area contributed by atoms with Crippen LogP contribution in [0.4, 0.5) is 13.2 Å². The minimum Gasteiger partial charge on any atom is -0.335 e. The molecule has 1 amide bonds. The van der Waals surface area contributed by atoms with Crippen LogP contribution in [0.3, 0.4) is 0 Å². The van der Waals surface area contributed by atoms with Crippen LogP contribution in [0.1, 0.15) is 20.8 Å². The summed E-state index contributed by atoms with van der Waals surface area (Å²) in [6.45, 7) is 2.75. The summed E-state index contributed by atoms with van der Waals surface area (Å²) in [5, 5.41) is 3.66. The summed E-state index contributed by atoms with van der Waals surface area (Å²) in [5.74, 6) is -0.0938. The Balaban J connectivity index is 1.57. The van der Waals surface area contributed by atoms with E-state index in [1.54, 1.807) is 11.0 Å². The standard InChI is InChI=1S/C15H15F3N4OS/c16-15(17,18)12-3-1-2-11(8-12)10-21-4-6-22(7-5-21)14(23)13-9-19-20-24-13/h1-3,8-9H,4-7,10H2. The summed E-state index contributed by atoms with van der Waals surface area (Å²) in [7, 11) is 0. The number of hydrogen-bond acceptors (Lipinski definition) is 5. The molecule has 0 N–H and O–H groups in total. The van der Waals surface area contributed by atoms with Gasteiger partial charge in [0, 0.05) is 32.7 Å². The van der Waals surface area contributed by atoms with Crippen molar-refractivity contribution in [2.75, 3.05) is 26.2 Å². The summed E-state index contributed by atoms with van der Waals surface area (Å²) in [4.78, 5) is 16.5. The van der Waals surface area contributed by atoms with Crippen LogP contribution in [-0.2, 0) is 12.7 Å². The molecule has 1 aromatic heterocycles. The van der Waals surface area contributed by atoms with Crippen molar-refractivity contribution in [2.24, 2.45) is 0 Å². The van der Waals surface area contributed by atoms with E-state index in [9.17, 15) is 18.0 Å². The van der Waals surface area contributed by atoms with Crippen molar-refractivity contribution in [3.8, 4) is 0 Å². The summed E-state index contributed by atoms with van der Waals surface area (Å²) in [6.07, 6.45) is -2.88. The SMILES string of the molecule is O=C(c1cnns1)N1CCN(Cc2cccc(C(F)(F)F)c2)CC1. The Kier molecular flexibility index (Phi) is 4.81. The molecule has 3 rings (SSSR count). The average molecular weight is 356 g/mol. The minimum absolute atomic E-state index is 0.0938. The van der Waals surface area contributed by atoms with Gasteiger partial charge >= 0.3 is 6.18 Å². The van der Waals surface area contributed by atoms with E-state index in [1.165, 1.54) is 18.3 Å². The number of halogens is 3. The lowest BCUT2D eigenvalue weighted by Crippen LogP contribution is -2.48. The fourth-order valence-corrected chi connectivity index (χ4v) is 3.11. The molecule has 2 aromatic rings. The van der Waals surface area contributed by atoms with Gasteiger partial charge in [0.1, 0.15) is 4.88 Å². The van der Waals surface area contributed by atoms with Crippen molar-refractivity contribution in [1.82, 2.24) is 19.4 Å². The van der Waals surface area contributed by atoms with E-state index in [4.69, 9.17) is 0 Å². The van der Waals surface area contributed by atoms with E-state index >= 15 is 0 Å². The molecule has 1 saturated heterocycles. The molecule has 1 aromatic carbocycles. The molecule has 9 heteroatoms. The molecule has 1 fully saturated rings. The third-order valence-electron chi connectivity index (χ3n) is 3.89. The van der Waals surface area contributed by atoms with Gasteiger partial charge in [-0.05, 0) is 23.2 Å². The van der Waals surface area contributed by atoms with Crippen molar-refractivity contribution in [2.45, 2.75) is 12.7 Å². The maximum absolute atomic E-state index is 12.8. The van der Waals surface area contributed by atoms with Crippen molar-refractivity contribution in [1.29, 1.82) is 0 Å². The first kappa shape index (κ1) is 16.8. The van der Waals surface area contributed by atoms with Gasteiger partial charge in [-0.1, -0.05) is 22.7 Å². The number of benzene rings is 1. The van der Waals surface area contributed by atoms with E-state index in [1.807, 2.05) is 4.90 Å². The van der Waals surface area contributed by atoms with Gasteiger partial charge in [0.05, 0.1) is 11.8 Å². The van der Waals surface area contributed by atoms with Crippen LogP contribution in [0.15, 0.2) is 30.5 Å². The quantitative estimate of drug-likeness (QED) is 0.848. The zero-order valence-electron chi connectivity index (χ0n) is 12.7. The summed E-state index contributed by atoms with van der Waals surface area (Å²) in [5.41, 5.74) is -0.0113. The predicted molar refractivity (Wildman–Crippen MR) is 82.5 cm³/mol. The number of piperazine rings is 1. The lowest BCUT2D eigenvalue weighted by atomic mass is 10.1. The number of aromatic nitrogens is 2. The molecule has 24 heavy (non-hydrogen) atoms. The fourth-order valence-electron chi connectivity index (χ4n) is 2.63. The third-order valence-corrected chi connectivity index (χ3v) is 4.54.